The Kier molecular flexibility index (Phi) is 3.36. The summed E-state index contributed by atoms with van der Waals surface area (Å²) in [4.78, 5) is 7.34. The van der Waals surface area contributed by atoms with Crippen molar-refractivity contribution in [1.82, 2.24) is 9.97 Å². The van der Waals surface area contributed by atoms with E-state index >= 15 is 0 Å². The predicted octanol–water partition coefficient (Wildman–Crippen LogP) is 2.48. The summed E-state index contributed by atoms with van der Waals surface area (Å²) in [6.45, 7) is 0.553. The SMILES string of the molecule is NCCc1ncc(-c2ccc(F)cc2Br)[nH]1. The summed E-state index contributed by atoms with van der Waals surface area (Å²) in [6.07, 6.45) is 2.43. The molecule has 0 fully saturated rings. The van der Waals surface area contributed by atoms with Crippen molar-refractivity contribution in [3.05, 3.63) is 40.5 Å². The van der Waals surface area contributed by atoms with Crippen molar-refractivity contribution in [2.75, 3.05) is 6.54 Å². The number of hydrogen-bond acceptors (Lipinski definition) is 2. The number of aromatic nitrogens is 2. The highest BCUT2D eigenvalue weighted by atomic mass is 79.9. The largest absolute Gasteiger partial charge is 0.342 e. The van der Waals surface area contributed by atoms with Crippen LogP contribution in [0.3, 0.4) is 0 Å². The molecular formula is C11H11BrFN3. The molecule has 0 unspecified atom stereocenters. The Morgan fingerprint density at radius 2 is 2.25 bits per heavy atom. The molecule has 16 heavy (non-hydrogen) atoms. The number of aromatic amines is 1. The van der Waals surface area contributed by atoms with Gasteiger partial charge < -0.3 is 10.7 Å². The quantitative estimate of drug-likeness (QED) is 0.909. The minimum atomic E-state index is -0.266. The van der Waals surface area contributed by atoms with Crippen LogP contribution in [0.5, 0.6) is 0 Å². The third-order valence-electron chi connectivity index (χ3n) is 2.23. The Bertz CT molecular complexity index is 496. The highest BCUT2D eigenvalue weighted by molar-refractivity contribution is 9.10. The maximum atomic E-state index is 12.9. The number of H-pyrrole nitrogens is 1. The molecule has 3 N–H and O–H groups in total. The first kappa shape index (κ1) is 11.3. The summed E-state index contributed by atoms with van der Waals surface area (Å²) in [5, 5.41) is 0. The van der Waals surface area contributed by atoms with E-state index in [1.165, 1.54) is 12.1 Å². The number of rotatable bonds is 3. The van der Waals surface area contributed by atoms with Gasteiger partial charge in [-0.15, -0.1) is 0 Å². The lowest BCUT2D eigenvalue weighted by atomic mass is 10.2. The Balaban J connectivity index is 2.35. The summed E-state index contributed by atoms with van der Waals surface area (Å²) in [5.74, 6) is 0.575. The van der Waals surface area contributed by atoms with E-state index in [1.54, 1.807) is 12.3 Å². The molecule has 84 valence electrons. The monoisotopic (exact) mass is 283 g/mol. The summed E-state index contributed by atoms with van der Waals surface area (Å²) in [5.41, 5.74) is 7.18. The van der Waals surface area contributed by atoms with E-state index in [0.29, 0.717) is 17.4 Å². The van der Waals surface area contributed by atoms with Gasteiger partial charge in [0.1, 0.15) is 11.6 Å². The van der Waals surface area contributed by atoms with E-state index in [0.717, 1.165) is 17.1 Å². The van der Waals surface area contributed by atoms with Crippen LogP contribution < -0.4 is 5.73 Å². The number of hydrogen-bond donors (Lipinski definition) is 2. The molecule has 2 rings (SSSR count). The first-order valence-corrected chi connectivity index (χ1v) is 5.69. The molecule has 5 heteroatoms. The molecule has 0 bridgehead atoms. The zero-order valence-corrected chi connectivity index (χ0v) is 10.1. The number of nitrogens with zero attached hydrogens (tertiary/aromatic N) is 1. The van der Waals surface area contributed by atoms with Crippen molar-refractivity contribution < 1.29 is 4.39 Å². The van der Waals surface area contributed by atoms with Gasteiger partial charge in [-0.1, -0.05) is 0 Å². The number of nitrogens with one attached hydrogen (secondary N) is 1. The lowest BCUT2D eigenvalue weighted by Crippen LogP contribution is -2.03. The Morgan fingerprint density at radius 1 is 1.44 bits per heavy atom. The topological polar surface area (TPSA) is 54.7 Å². The standard InChI is InChI=1S/C11H11BrFN3/c12-9-5-7(13)1-2-8(9)10-6-15-11(16-10)3-4-14/h1-2,5-6H,3-4,14H2,(H,15,16). The maximum absolute atomic E-state index is 12.9. The second-order valence-electron chi connectivity index (χ2n) is 3.41. The lowest BCUT2D eigenvalue weighted by molar-refractivity contribution is 0.627. The van der Waals surface area contributed by atoms with Crippen molar-refractivity contribution >= 4 is 15.9 Å². The minimum absolute atomic E-state index is 0.266. The molecule has 0 saturated heterocycles. The normalized spacial score (nSPS) is 10.7. The van der Waals surface area contributed by atoms with E-state index in [2.05, 4.69) is 25.9 Å². The minimum Gasteiger partial charge on any atom is -0.342 e. The van der Waals surface area contributed by atoms with E-state index in [-0.39, 0.29) is 5.82 Å². The van der Waals surface area contributed by atoms with Crippen molar-refractivity contribution in [2.24, 2.45) is 5.73 Å². The molecule has 0 spiro atoms. The molecule has 0 aliphatic heterocycles. The number of halogens is 2. The van der Waals surface area contributed by atoms with Gasteiger partial charge in [-0.25, -0.2) is 9.37 Å². The Labute approximate surface area is 101 Å². The summed E-state index contributed by atoms with van der Waals surface area (Å²) < 4.78 is 13.6. The number of nitrogens with two attached hydrogens (primary N) is 1. The molecule has 1 aromatic carbocycles. The summed E-state index contributed by atoms with van der Waals surface area (Å²) in [6, 6.07) is 4.56. The van der Waals surface area contributed by atoms with Crippen molar-refractivity contribution in [3.8, 4) is 11.3 Å². The van der Waals surface area contributed by atoms with Crippen molar-refractivity contribution in [3.63, 3.8) is 0 Å². The molecule has 0 saturated carbocycles. The van der Waals surface area contributed by atoms with Gasteiger partial charge in [-0.3, -0.25) is 0 Å². The van der Waals surface area contributed by atoms with E-state index < -0.39 is 0 Å². The zero-order valence-electron chi connectivity index (χ0n) is 8.50. The molecule has 2 aromatic rings. The molecule has 0 aliphatic rings. The fourth-order valence-corrected chi connectivity index (χ4v) is 2.04. The summed E-state index contributed by atoms with van der Waals surface area (Å²) in [7, 11) is 0. The van der Waals surface area contributed by atoms with Gasteiger partial charge >= 0.3 is 0 Å². The summed E-state index contributed by atoms with van der Waals surface area (Å²) >= 11 is 3.32. The van der Waals surface area contributed by atoms with Crippen LogP contribution in [-0.2, 0) is 6.42 Å². The van der Waals surface area contributed by atoms with Crippen LogP contribution in [0.25, 0.3) is 11.3 Å². The van der Waals surface area contributed by atoms with Crippen LogP contribution in [0.4, 0.5) is 4.39 Å². The highest BCUT2D eigenvalue weighted by Gasteiger charge is 2.07. The molecule has 0 amide bonds. The molecule has 1 heterocycles. The van der Waals surface area contributed by atoms with E-state index in [1.807, 2.05) is 0 Å². The second kappa shape index (κ2) is 4.76. The van der Waals surface area contributed by atoms with Crippen LogP contribution in [0, 0.1) is 5.82 Å². The molecule has 0 aliphatic carbocycles. The average molecular weight is 284 g/mol. The van der Waals surface area contributed by atoms with Gasteiger partial charge in [0, 0.05) is 16.5 Å². The third-order valence-corrected chi connectivity index (χ3v) is 2.89. The maximum Gasteiger partial charge on any atom is 0.124 e. The fraction of sp³-hybridized carbons (Fsp3) is 0.182. The van der Waals surface area contributed by atoms with Crippen LogP contribution in [0.2, 0.25) is 0 Å². The van der Waals surface area contributed by atoms with Crippen LogP contribution in [0.1, 0.15) is 5.82 Å². The number of imidazole rings is 1. The van der Waals surface area contributed by atoms with Crippen molar-refractivity contribution in [2.45, 2.75) is 6.42 Å². The van der Waals surface area contributed by atoms with Gasteiger partial charge in [-0.05, 0) is 40.7 Å². The first-order valence-electron chi connectivity index (χ1n) is 4.90. The van der Waals surface area contributed by atoms with E-state index in [4.69, 9.17) is 5.73 Å². The molecule has 3 nitrogen and oxygen atoms in total. The van der Waals surface area contributed by atoms with Crippen LogP contribution >= 0.6 is 15.9 Å². The van der Waals surface area contributed by atoms with Gasteiger partial charge in [0.25, 0.3) is 0 Å². The van der Waals surface area contributed by atoms with Gasteiger partial charge in [0.15, 0.2) is 0 Å². The lowest BCUT2D eigenvalue weighted by Gasteiger charge is -2.01. The Hall–Kier alpha value is -1.20. The molecule has 0 atom stereocenters. The second-order valence-corrected chi connectivity index (χ2v) is 4.26. The smallest absolute Gasteiger partial charge is 0.124 e. The molecule has 0 radical (unpaired) electrons. The van der Waals surface area contributed by atoms with Crippen LogP contribution in [-0.4, -0.2) is 16.5 Å². The predicted molar refractivity (Wildman–Crippen MR) is 64.4 cm³/mol. The highest BCUT2D eigenvalue weighted by Crippen LogP contribution is 2.27. The average Bonchev–Trinajstić information content (AvgIpc) is 2.67. The first-order chi connectivity index (χ1) is 7.70. The molecule has 1 aromatic heterocycles. The Morgan fingerprint density at radius 3 is 2.94 bits per heavy atom. The van der Waals surface area contributed by atoms with Gasteiger partial charge in [0.2, 0.25) is 0 Å². The van der Waals surface area contributed by atoms with E-state index in [9.17, 15) is 4.39 Å². The third kappa shape index (κ3) is 2.31. The molecular weight excluding hydrogens is 273 g/mol. The van der Waals surface area contributed by atoms with Gasteiger partial charge in [0.05, 0.1) is 11.9 Å². The van der Waals surface area contributed by atoms with Crippen LogP contribution in [0.15, 0.2) is 28.9 Å². The fourth-order valence-electron chi connectivity index (χ4n) is 1.47. The number of benzene rings is 1. The zero-order chi connectivity index (χ0) is 11.5. The van der Waals surface area contributed by atoms with Crippen molar-refractivity contribution in [1.29, 1.82) is 0 Å². The van der Waals surface area contributed by atoms with Gasteiger partial charge in [-0.2, -0.15) is 0 Å².